The summed E-state index contributed by atoms with van der Waals surface area (Å²) in [4.78, 5) is 15.5. The van der Waals surface area contributed by atoms with Gasteiger partial charge >= 0.3 is 5.97 Å². The summed E-state index contributed by atoms with van der Waals surface area (Å²) in [5.41, 5.74) is 3.13. The lowest BCUT2D eigenvalue weighted by atomic mass is 9.90. The Morgan fingerprint density at radius 3 is 2.69 bits per heavy atom. The molecule has 1 aliphatic carbocycles. The van der Waals surface area contributed by atoms with Gasteiger partial charge in [0.2, 0.25) is 5.88 Å². The van der Waals surface area contributed by atoms with E-state index < -0.39 is 5.97 Å². The van der Waals surface area contributed by atoms with Crippen LogP contribution in [0.5, 0.6) is 5.88 Å². The van der Waals surface area contributed by atoms with Crippen molar-refractivity contribution in [3.63, 3.8) is 0 Å². The predicted molar refractivity (Wildman–Crippen MR) is 59.1 cm³/mol. The molecule has 0 radical (unpaired) electrons. The summed E-state index contributed by atoms with van der Waals surface area (Å²) >= 11 is 0. The highest BCUT2D eigenvalue weighted by molar-refractivity contribution is 5.92. The van der Waals surface area contributed by atoms with Crippen molar-refractivity contribution in [1.29, 1.82) is 0 Å². The third-order valence-corrected chi connectivity index (χ3v) is 3.12. The largest absolute Gasteiger partial charge is 0.480 e. The third-order valence-electron chi connectivity index (χ3n) is 3.12. The van der Waals surface area contributed by atoms with Gasteiger partial charge in [0.05, 0.1) is 7.11 Å². The van der Waals surface area contributed by atoms with Crippen molar-refractivity contribution < 1.29 is 14.6 Å². The highest BCUT2D eigenvalue weighted by atomic mass is 16.5. The van der Waals surface area contributed by atoms with Crippen molar-refractivity contribution in [3.8, 4) is 5.88 Å². The van der Waals surface area contributed by atoms with Gasteiger partial charge in [-0.1, -0.05) is 0 Å². The summed E-state index contributed by atoms with van der Waals surface area (Å²) < 4.78 is 5.06. The second kappa shape index (κ2) is 4.12. The molecule has 1 aromatic heterocycles. The number of ether oxygens (including phenoxy) is 1. The Morgan fingerprint density at radius 2 is 2.06 bits per heavy atom. The lowest BCUT2D eigenvalue weighted by molar-refractivity contribution is 0.0691. The fourth-order valence-corrected chi connectivity index (χ4v) is 2.31. The number of hydrogen-bond donors (Lipinski definition) is 1. The number of rotatable bonds is 2. The molecule has 0 atom stereocenters. The summed E-state index contributed by atoms with van der Waals surface area (Å²) in [5, 5.41) is 9.16. The number of nitrogens with zero attached hydrogens (tertiary/aromatic N) is 1. The molecular weight excluding hydrogens is 206 g/mol. The summed E-state index contributed by atoms with van der Waals surface area (Å²) in [5.74, 6) is -0.721. The summed E-state index contributed by atoms with van der Waals surface area (Å²) in [7, 11) is 1.46. The van der Waals surface area contributed by atoms with Crippen LogP contribution in [0, 0.1) is 6.92 Å². The van der Waals surface area contributed by atoms with Crippen LogP contribution in [-0.4, -0.2) is 23.2 Å². The van der Waals surface area contributed by atoms with Crippen LogP contribution in [0.4, 0.5) is 0 Å². The molecule has 0 fully saturated rings. The number of hydrogen-bond acceptors (Lipinski definition) is 3. The Hall–Kier alpha value is -1.58. The molecule has 1 N–H and O–H groups in total. The molecule has 0 bridgehead atoms. The molecule has 4 nitrogen and oxygen atoms in total. The Labute approximate surface area is 94.3 Å². The first-order valence-corrected chi connectivity index (χ1v) is 5.44. The quantitative estimate of drug-likeness (QED) is 0.829. The Balaban J connectivity index is 2.64. The van der Waals surface area contributed by atoms with E-state index in [1.807, 2.05) is 6.92 Å². The monoisotopic (exact) mass is 221 g/mol. The topological polar surface area (TPSA) is 59.4 Å². The number of aryl methyl sites for hydroxylation is 1. The van der Waals surface area contributed by atoms with E-state index in [2.05, 4.69) is 4.98 Å². The van der Waals surface area contributed by atoms with Crippen LogP contribution in [-0.2, 0) is 12.8 Å². The molecule has 0 spiro atoms. The Bertz CT molecular complexity index is 440. The van der Waals surface area contributed by atoms with Gasteiger partial charge in [-0.25, -0.2) is 9.78 Å². The average molecular weight is 221 g/mol. The van der Waals surface area contributed by atoms with Crippen LogP contribution in [0.15, 0.2) is 0 Å². The normalized spacial score (nSPS) is 14.4. The van der Waals surface area contributed by atoms with Crippen LogP contribution in [0.1, 0.15) is 40.0 Å². The van der Waals surface area contributed by atoms with Crippen molar-refractivity contribution in [2.45, 2.75) is 32.6 Å². The molecule has 0 amide bonds. The zero-order valence-electron chi connectivity index (χ0n) is 9.54. The van der Waals surface area contributed by atoms with Crippen molar-refractivity contribution >= 4 is 5.97 Å². The minimum Gasteiger partial charge on any atom is -0.480 e. The molecule has 1 aliphatic rings. The minimum atomic E-state index is -0.963. The number of methoxy groups -OCH3 is 1. The fraction of sp³-hybridized carbons (Fsp3) is 0.500. The van der Waals surface area contributed by atoms with Gasteiger partial charge in [0, 0.05) is 5.69 Å². The molecule has 0 aromatic carbocycles. The maximum atomic E-state index is 11.2. The van der Waals surface area contributed by atoms with Gasteiger partial charge in [0.1, 0.15) is 5.56 Å². The number of aromatic carboxylic acids is 1. The lowest BCUT2D eigenvalue weighted by Crippen LogP contribution is -2.14. The van der Waals surface area contributed by atoms with Gasteiger partial charge in [-0.3, -0.25) is 0 Å². The highest BCUT2D eigenvalue weighted by Gasteiger charge is 2.23. The molecule has 16 heavy (non-hydrogen) atoms. The molecule has 4 heteroatoms. The van der Waals surface area contributed by atoms with E-state index in [9.17, 15) is 4.79 Å². The van der Waals surface area contributed by atoms with E-state index >= 15 is 0 Å². The molecule has 0 saturated heterocycles. The molecule has 0 unspecified atom stereocenters. The van der Waals surface area contributed by atoms with Crippen molar-refractivity contribution in [2.75, 3.05) is 7.11 Å². The highest BCUT2D eigenvalue weighted by Crippen LogP contribution is 2.30. The van der Waals surface area contributed by atoms with Crippen molar-refractivity contribution in [2.24, 2.45) is 0 Å². The van der Waals surface area contributed by atoms with E-state index in [1.54, 1.807) is 0 Å². The molecule has 2 rings (SSSR count). The lowest BCUT2D eigenvalue weighted by Gasteiger charge is -2.20. The maximum absolute atomic E-state index is 11.2. The van der Waals surface area contributed by atoms with Crippen LogP contribution in [0.3, 0.4) is 0 Å². The SMILES string of the molecule is COc1nc2c(c(C)c1C(=O)O)CCCC2. The zero-order chi connectivity index (χ0) is 11.7. The maximum Gasteiger partial charge on any atom is 0.341 e. The fourth-order valence-electron chi connectivity index (χ4n) is 2.31. The Morgan fingerprint density at radius 1 is 1.38 bits per heavy atom. The van der Waals surface area contributed by atoms with E-state index in [4.69, 9.17) is 9.84 Å². The molecular formula is C12H15NO3. The molecule has 86 valence electrons. The van der Waals surface area contributed by atoms with Crippen LogP contribution >= 0.6 is 0 Å². The van der Waals surface area contributed by atoms with Gasteiger partial charge in [0.25, 0.3) is 0 Å². The minimum absolute atomic E-state index is 0.211. The molecule has 0 saturated carbocycles. The van der Waals surface area contributed by atoms with E-state index in [0.29, 0.717) is 0 Å². The summed E-state index contributed by atoms with van der Waals surface area (Å²) in [6.07, 6.45) is 4.08. The first-order chi connectivity index (χ1) is 7.65. The smallest absolute Gasteiger partial charge is 0.341 e. The number of carboxylic acids is 1. The van der Waals surface area contributed by atoms with Crippen LogP contribution < -0.4 is 4.74 Å². The standard InChI is InChI=1S/C12H15NO3/c1-7-8-5-3-4-6-9(8)13-11(16-2)10(7)12(14)15/h3-6H2,1-2H3,(H,14,15). The third kappa shape index (κ3) is 1.64. The second-order valence-electron chi connectivity index (χ2n) is 4.06. The van der Waals surface area contributed by atoms with E-state index in [1.165, 1.54) is 7.11 Å². The van der Waals surface area contributed by atoms with Gasteiger partial charge in [-0.15, -0.1) is 0 Å². The summed E-state index contributed by atoms with van der Waals surface area (Å²) in [6.45, 7) is 1.85. The van der Waals surface area contributed by atoms with Crippen LogP contribution in [0.2, 0.25) is 0 Å². The van der Waals surface area contributed by atoms with Crippen molar-refractivity contribution in [1.82, 2.24) is 4.98 Å². The predicted octanol–water partition coefficient (Wildman–Crippen LogP) is 1.98. The Kier molecular flexibility index (Phi) is 2.81. The average Bonchev–Trinajstić information content (AvgIpc) is 2.28. The second-order valence-corrected chi connectivity index (χ2v) is 4.06. The molecule has 1 heterocycles. The van der Waals surface area contributed by atoms with Gasteiger partial charge in [0.15, 0.2) is 0 Å². The molecule has 0 aliphatic heterocycles. The van der Waals surface area contributed by atoms with Gasteiger partial charge in [-0.2, -0.15) is 0 Å². The number of pyridine rings is 1. The van der Waals surface area contributed by atoms with Gasteiger partial charge in [-0.05, 0) is 43.7 Å². The van der Waals surface area contributed by atoms with E-state index in [0.717, 1.165) is 42.5 Å². The molecule has 1 aromatic rings. The van der Waals surface area contributed by atoms with Gasteiger partial charge < -0.3 is 9.84 Å². The number of carboxylic acid groups (broad SMARTS) is 1. The van der Waals surface area contributed by atoms with Crippen molar-refractivity contribution in [3.05, 3.63) is 22.4 Å². The van der Waals surface area contributed by atoms with E-state index in [-0.39, 0.29) is 11.4 Å². The number of fused-ring (bicyclic) bond motifs is 1. The number of carbonyl (C=O) groups is 1. The van der Waals surface area contributed by atoms with Crippen LogP contribution in [0.25, 0.3) is 0 Å². The number of aromatic nitrogens is 1. The first kappa shape index (κ1) is 10.9. The zero-order valence-corrected chi connectivity index (χ0v) is 9.54. The first-order valence-electron chi connectivity index (χ1n) is 5.44. The summed E-state index contributed by atoms with van der Waals surface area (Å²) in [6, 6.07) is 0.